The SMILES string of the molecule is CC1=CC(=O)CCC1.CC1=CC(N)CCC1.CC1=CC(N2C(=O)c3ccccc3C2=O)CCC1.CC1=CC(O)CCC1. The van der Waals surface area contributed by atoms with Crippen molar-refractivity contribution in [2.45, 2.75) is 123 Å². The van der Waals surface area contributed by atoms with Gasteiger partial charge in [0, 0.05) is 12.5 Å². The standard InChI is InChI=1S/C15H15NO2.C7H13N.C7H12O.C7H10O/c1-10-5-4-6-11(9-10)16-14(17)12-7-2-3-8-13(12)15(16)18;3*1-6-3-2-4-7(8)5-6/h2-3,7-9,11H,4-6H2,1H3;5,7H,2-4,8H2,1H3;5,7-8H,2-4H2,1H3;5H,2-4H2,1H3. The second-order valence-electron chi connectivity index (χ2n) is 12.4. The van der Waals surface area contributed by atoms with Gasteiger partial charge in [0.2, 0.25) is 0 Å². The number of aliphatic hydroxyl groups is 1. The molecule has 2 amide bonds. The first-order chi connectivity index (χ1) is 20.0. The number of rotatable bonds is 1. The molecule has 1 aromatic rings. The number of carbonyl (C=O) groups is 3. The van der Waals surface area contributed by atoms with Crippen LogP contribution in [0.25, 0.3) is 0 Å². The zero-order valence-electron chi connectivity index (χ0n) is 26.0. The van der Waals surface area contributed by atoms with Gasteiger partial charge in [0.15, 0.2) is 5.78 Å². The normalized spacial score (nSPS) is 25.1. The van der Waals surface area contributed by atoms with E-state index in [9.17, 15) is 14.4 Å². The molecule has 0 fully saturated rings. The van der Waals surface area contributed by atoms with Crippen molar-refractivity contribution in [2.24, 2.45) is 5.73 Å². The zero-order chi connectivity index (χ0) is 30.6. The lowest BCUT2D eigenvalue weighted by atomic mass is 9.96. The van der Waals surface area contributed by atoms with Crippen molar-refractivity contribution in [3.05, 3.63) is 82.0 Å². The number of fused-ring (bicyclic) bond motifs is 1. The van der Waals surface area contributed by atoms with E-state index in [4.69, 9.17) is 10.8 Å². The van der Waals surface area contributed by atoms with E-state index in [-0.39, 0.29) is 24.0 Å². The summed E-state index contributed by atoms with van der Waals surface area (Å²) in [6.07, 6.45) is 20.7. The third-order valence-electron chi connectivity index (χ3n) is 8.26. The Bertz CT molecular complexity index is 1180. The number of carbonyl (C=O) groups excluding carboxylic acids is 3. The van der Waals surface area contributed by atoms with E-state index < -0.39 is 0 Å². The van der Waals surface area contributed by atoms with Crippen LogP contribution in [0.15, 0.2) is 70.9 Å². The minimum absolute atomic E-state index is 0.0638. The number of aliphatic hydroxyl groups excluding tert-OH is 1. The van der Waals surface area contributed by atoms with E-state index >= 15 is 0 Å². The number of ketones is 1. The van der Waals surface area contributed by atoms with Gasteiger partial charge in [-0.1, -0.05) is 52.7 Å². The minimum atomic E-state index is -0.149. The first kappa shape index (κ1) is 33.4. The second-order valence-corrected chi connectivity index (χ2v) is 12.4. The third-order valence-corrected chi connectivity index (χ3v) is 8.26. The number of hydrogen-bond donors (Lipinski definition) is 2. The van der Waals surface area contributed by atoms with E-state index in [1.807, 2.05) is 13.0 Å². The summed E-state index contributed by atoms with van der Waals surface area (Å²) in [5.41, 5.74) is 12.0. The lowest BCUT2D eigenvalue weighted by Crippen LogP contribution is -2.39. The molecular formula is C36H50N2O4. The Kier molecular flexibility index (Phi) is 13.1. The van der Waals surface area contributed by atoms with Crippen LogP contribution in [0.4, 0.5) is 0 Å². The van der Waals surface area contributed by atoms with E-state index in [2.05, 4.69) is 32.9 Å². The quantitative estimate of drug-likeness (QED) is 0.269. The molecular weight excluding hydrogens is 524 g/mol. The number of nitrogens with two attached hydrogens (primary N) is 1. The summed E-state index contributed by atoms with van der Waals surface area (Å²) in [4.78, 5) is 36.6. The van der Waals surface area contributed by atoms with E-state index in [1.165, 1.54) is 52.9 Å². The molecule has 1 aromatic carbocycles. The molecule has 3 N–H and O–H groups in total. The molecule has 6 rings (SSSR count). The summed E-state index contributed by atoms with van der Waals surface area (Å²) in [5, 5.41) is 9.00. The maximum Gasteiger partial charge on any atom is 0.262 e. The number of imide groups is 1. The van der Waals surface area contributed by atoms with Gasteiger partial charge in [-0.3, -0.25) is 19.3 Å². The Balaban J connectivity index is 0.000000169. The fraction of sp³-hybridized carbons (Fsp3) is 0.528. The smallest absolute Gasteiger partial charge is 0.262 e. The monoisotopic (exact) mass is 574 g/mol. The first-order valence-corrected chi connectivity index (χ1v) is 15.7. The van der Waals surface area contributed by atoms with Crippen LogP contribution in [0.1, 0.15) is 125 Å². The highest BCUT2D eigenvalue weighted by Gasteiger charge is 2.39. The van der Waals surface area contributed by atoms with Gasteiger partial charge in [-0.25, -0.2) is 0 Å². The average molecular weight is 575 g/mol. The maximum absolute atomic E-state index is 12.3. The topological polar surface area (TPSA) is 101 Å². The summed E-state index contributed by atoms with van der Waals surface area (Å²) >= 11 is 0. The molecule has 4 aliphatic carbocycles. The molecule has 0 saturated carbocycles. The van der Waals surface area contributed by atoms with Gasteiger partial charge in [-0.15, -0.1) is 0 Å². The Morgan fingerprint density at radius 3 is 1.60 bits per heavy atom. The number of hydrogen-bond acceptors (Lipinski definition) is 5. The highest BCUT2D eigenvalue weighted by Crippen LogP contribution is 2.30. The Morgan fingerprint density at radius 2 is 1.19 bits per heavy atom. The predicted molar refractivity (Wildman–Crippen MR) is 170 cm³/mol. The van der Waals surface area contributed by atoms with Crippen molar-refractivity contribution in [3.8, 4) is 0 Å². The summed E-state index contributed by atoms with van der Waals surface area (Å²) in [7, 11) is 0. The van der Waals surface area contributed by atoms with Crippen LogP contribution in [-0.2, 0) is 4.79 Å². The molecule has 5 aliphatic rings. The highest BCUT2D eigenvalue weighted by molar-refractivity contribution is 6.21. The van der Waals surface area contributed by atoms with Crippen molar-refractivity contribution in [1.82, 2.24) is 4.90 Å². The lowest BCUT2D eigenvalue weighted by molar-refractivity contribution is -0.115. The van der Waals surface area contributed by atoms with Gasteiger partial charge in [0.05, 0.1) is 23.3 Å². The van der Waals surface area contributed by atoms with Crippen molar-refractivity contribution in [3.63, 3.8) is 0 Å². The van der Waals surface area contributed by atoms with Crippen LogP contribution in [0.3, 0.4) is 0 Å². The van der Waals surface area contributed by atoms with Crippen molar-refractivity contribution < 1.29 is 19.5 Å². The Hall–Kier alpha value is -3.09. The number of benzene rings is 1. The van der Waals surface area contributed by atoms with Crippen molar-refractivity contribution in [2.75, 3.05) is 0 Å². The Labute approximate surface area is 252 Å². The fourth-order valence-corrected chi connectivity index (χ4v) is 5.99. The minimum Gasteiger partial charge on any atom is -0.389 e. The van der Waals surface area contributed by atoms with Crippen molar-refractivity contribution in [1.29, 1.82) is 0 Å². The van der Waals surface area contributed by atoms with Crippen LogP contribution in [0, 0.1) is 0 Å². The largest absolute Gasteiger partial charge is 0.389 e. The Morgan fingerprint density at radius 1 is 0.667 bits per heavy atom. The van der Waals surface area contributed by atoms with Gasteiger partial charge in [-0.05, 0) is 117 Å². The van der Waals surface area contributed by atoms with Crippen LogP contribution < -0.4 is 5.73 Å². The molecule has 1 aliphatic heterocycles. The summed E-state index contributed by atoms with van der Waals surface area (Å²) in [6, 6.07) is 7.35. The number of nitrogens with zero attached hydrogens (tertiary/aromatic N) is 1. The second kappa shape index (κ2) is 16.5. The number of amides is 2. The molecule has 228 valence electrons. The van der Waals surface area contributed by atoms with E-state index in [1.54, 1.807) is 30.3 Å². The van der Waals surface area contributed by atoms with E-state index in [0.717, 1.165) is 51.4 Å². The average Bonchev–Trinajstić information content (AvgIpc) is 3.19. The summed E-state index contributed by atoms with van der Waals surface area (Å²) < 4.78 is 0. The summed E-state index contributed by atoms with van der Waals surface area (Å²) in [6.45, 7) is 8.29. The molecule has 3 unspecified atom stereocenters. The van der Waals surface area contributed by atoms with Crippen LogP contribution in [-0.4, -0.2) is 45.8 Å². The molecule has 0 bridgehead atoms. The van der Waals surface area contributed by atoms with Gasteiger partial charge in [0.25, 0.3) is 11.8 Å². The molecule has 1 heterocycles. The zero-order valence-corrected chi connectivity index (χ0v) is 26.0. The van der Waals surface area contributed by atoms with Crippen LogP contribution in [0.2, 0.25) is 0 Å². The molecule has 0 saturated heterocycles. The van der Waals surface area contributed by atoms with Crippen LogP contribution >= 0.6 is 0 Å². The van der Waals surface area contributed by atoms with Gasteiger partial charge >= 0.3 is 0 Å². The predicted octanol–water partition coefficient (Wildman–Crippen LogP) is 7.39. The molecule has 3 atom stereocenters. The maximum atomic E-state index is 12.3. The lowest BCUT2D eigenvalue weighted by Gasteiger charge is -2.27. The molecule has 6 nitrogen and oxygen atoms in total. The van der Waals surface area contributed by atoms with Crippen LogP contribution in [0.5, 0.6) is 0 Å². The molecule has 0 radical (unpaired) electrons. The fourth-order valence-electron chi connectivity index (χ4n) is 5.99. The highest BCUT2D eigenvalue weighted by atomic mass is 16.3. The summed E-state index contributed by atoms with van der Waals surface area (Å²) in [5.74, 6) is 0.00634. The third kappa shape index (κ3) is 10.3. The van der Waals surface area contributed by atoms with Gasteiger partial charge < -0.3 is 10.8 Å². The van der Waals surface area contributed by atoms with E-state index in [0.29, 0.717) is 23.0 Å². The molecule has 0 aromatic heterocycles. The van der Waals surface area contributed by atoms with Crippen molar-refractivity contribution >= 4 is 17.6 Å². The van der Waals surface area contributed by atoms with Gasteiger partial charge in [0.1, 0.15) is 0 Å². The molecule has 42 heavy (non-hydrogen) atoms. The molecule has 0 spiro atoms. The number of allylic oxidation sites excluding steroid dienone is 5. The first-order valence-electron chi connectivity index (χ1n) is 15.7. The van der Waals surface area contributed by atoms with Gasteiger partial charge in [-0.2, -0.15) is 0 Å². The molecule has 6 heteroatoms.